The molecule has 25 heavy (non-hydrogen) atoms. The highest BCUT2D eigenvalue weighted by Crippen LogP contribution is 2.18. The molecule has 1 unspecified atom stereocenters. The van der Waals surface area contributed by atoms with Crippen LogP contribution in [0.1, 0.15) is 35.6 Å². The highest BCUT2D eigenvalue weighted by molar-refractivity contribution is 5.76. The molecule has 0 spiro atoms. The van der Waals surface area contributed by atoms with E-state index in [9.17, 15) is 4.79 Å². The van der Waals surface area contributed by atoms with Crippen LogP contribution in [0.25, 0.3) is 0 Å². The van der Waals surface area contributed by atoms with Gasteiger partial charge in [0.25, 0.3) is 0 Å². The molecule has 0 bridgehead atoms. The van der Waals surface area contributed by atoms with Crippen molar-refractivity contribution in [2.45, 2.75) is 31.8 Å². The normalized spacial score (nSPS) is 15.4. The molecule has 2 aromatic rings. The van der Waals surface area contributed by atoms with Crippen molar-refractivity contribution in [2.75, 3.05) is 19.6 Å². The van der Waals surface area contributed by atoms with Gasteiger partial charge in [-0.15, -0.1) is 0 Å². The Morgan fingerprint density at radius 3 is 2.60 bits per heavy atom. The van der Waals surface area contributed by atoms with Crippen LogP contribution in [-0.4, -0.2) is 30.4 Å². The fraction of sp³-hybridized carbons (Fsp3) is 0.381. The van der Waals surface area contributed by atoms with E-state index in [2.05, 4.69) is 34.5 Å². The van der Waals surface area contributed by atoms with E-state index < -0.39 is 0 Å². The predicted octanol–water partition coefficient (Wildman–Crippen LogP) is 2.64. The van der Waals surface area contributed by atoms with Gasteiger partial charge < -0.3 is 11.1 Å². The molecule has 0 radical (unpaired) electrons. The Bertz CT molecular complexity index is 687. The summed E-state index contributed by atoms with van der Waals surface area (Å²) in [5, 5.41) is 3.00. The van der Waals surface area contributed by atoms with Crippen LogP contribution >= 0.6 is 0 Å². The van der Waals surface area contributed by atoms with Crippen LogP contribution in [0.2, 0.25) is 0 Å². The van der Waals surface area contributed by atoms with Crippen LogP contribution < -0.4 is 11.1 Å². The number of hydrogen-bond donors (Lipinski definition) is 2. The maximum atomic E-state index is 12.0. The first-order chi connectivity index (χ1) is 12.2. The number of hydrogen-bond acceptors (Lipinski definition) is 3. The van der Waals surface area contributed by atoms with Crippen molar-refractivity contribution < 1.29 is 4.79 Å². The van der Waals surface area contributed by atoms with Crippen molar-refractivity contribution in [1.82, 2.24) is 10.2 Å². The second kappa shape index (κ2) is 8.79. The lowest BCUT2D eigenvalue weighted by atomic mass is 10.00. The van der Waals surface area contributed by atoms with Gasteiger partial charge in [-0.2, -0.15) is 0 Å². The summed E-state index contributed by atoms with van der Waals surface area (Å²) in [5.74, 6) is 0.0281. The number of carbonyl (C=O) groups excluding carboxylic acids is 1. The summed E-state index contributed by atoms with van der Waals surface area (Å²) in [6, 6.07) is 18.2. The van der Waals surface area contributed by atoms with Gasteiger partial charge in [-0.1, -0.05) is 54.6 Å². The molecule has 1 heterocycles. The van der Waals surface area contributed by atoms with Gasteiger partial charge in [0.1, 0.15) is 0 Å². The fourth-order valence-corrected chi connectivity index (χ4v) is 3.37. The molecule has 1 aliphatic heterocycles. The molecule has 2 aromatic carbocycles. The summed E-state index contributed by atoms with van der Waals surface area (Å²) in [5.41, 5.74) is 10.0. The SMILES string of the molecule is NC(CC(=O)NCCCN1CCc2ccccc2C1)c1ccccc1. The van der Waals surface area contributed by atoms with E-state index in [1.165, 1.54) is 11.1 Å². The van der Waals surface area contributed by atoms with Gasteiger partial charge in [0, 0.05) is 38.6 Å². The minimum atomic E-state index is -0.236. The molecule has 0 aromatic heterocycles. The molecule has 1 amide bonds. The first kappa shape index (κ1) is 17.6. The minimum Gasteiger partial charge on any atom is -0.356 e. The van der Waals surface area contributed by atoms with Crippen LogP contribution in [0.4, 0.5) is 0 Å². The maximum absolute atomic E-state index is 12.0. The van der Waals surface area contributed by atoms with Gasteiger partial charge in [0.2, 0.25) is 5.91 Å². The third kappa shape index (κ3) is 5.15. The zero-order chi connectivity index (χ0) is 17.5. The molecule has 4 nitrogen and oxygen atoms in total. The van der Waals surface area contributed by atoms with E-state index in [0.717, 1.165) is 38.0 Å². The molecule has 0 saturated carbocycles. The molecular formula is C21H27N3O. The number of nitrogens with two attached hydrogens (primary N) is 1. The number of fused-ring (bicyclic) bond motifs is 1. The van der Waals surface area contributed by atoms with Gasteiger partial charge in [-0.25, -0.2) is 0 Å². The van der Waals surface area contributed by atoms with Gasteiger partial charge in [0.15, 0.2) is 0 Å². The zero-order valence-electron chi connectivity index (χ0n) is 14.7. The molecule has 132 valence electrons. The second-order valence-corrected chi connectivity index (χ2v) is 6.72. The third-order valence-electron chi connectivity index (χ3n) is 4.82. The van der Waals surface area contributed by atoms with E-state index in [1.807, 2.05) is 30.3 Å². The standard InChI is InChI=1S/C21H27N3O/c22-20(18-8-2-1-3-9-18)15-21(25)23-12-6-13-24-14-11-17-7-4-5-10-19(17)16-24/h1-5,7-10,20H,6,11-16,22H2,(H,23,25). The van der Waals surface area contributed by atoms with Crippen molar-refractivity contribution in [3.63, 3.8) is 0 Å². The van der Waals surface area contributed by atoms with Crippen LogP contribution in [-0.2, 0) is 17.8 Å². The van der Waals surface area contributed by atoms with Crippen molar-refractivity contribution in [1.29, 1.82) is 0 Å². The lowest BCUT2D eigenvalue weighted by Crippen LogP contribution is -2.34. The summed E-state index contributed by atoms with van der Waals surface area (Å²) < 4.78 is 0. The van der Waals surface area contributed by atoms with E-state index in [-0.39, 0.29) is 11.9 Å². The van der Waals surface area contributed by atoms with Crippen molar-refractivity contribution in [3.8, 4) is 0 Å². The summed E-state index contributed by atoms with van der Waals surface area (Å²) in [6.07, 6.45) is 2.42. The van der Waals surface area contributed by atoms with Crippen molar-refractivity contribution in [3.05, 3.63) is 71.3 Å². The van der Waals surface area contributed by atoms with Crippen molar-refractivity contribution >= 4 is 5.91 Å². The largest absolute Gasteiger partial charge is 0.356 e. The zero-order valence-corrected chi connectivity index (χ0v) is 14.7. The smallest absolute Gasteiger partial charge is 0.221 e. The predicted molar refractivity (Wildman–Crippen MR) is 101 cm³/mol. The first-order valence-corrected chi connectivity index (χ1v) is 9.09. The maximum Gasteiger partial charge on any atom is 0.221 e. The van der Waals surface area contributed by atoms with E-state index in [0.29, 0.717) is 13.0 Å². The van der Waals surface area contributed by atoms with Gasteiger partial charge in [-0.3, -0.25) is 9.69 Å². The molecule has 3 N–H and O–H groups in total. The quantitative estimate of drug-likeness (QED) is 0.764. The highest BCUT2D eigenvalue weighted by Gasteiger charge is 2.15. The number of carbonyl (C=O) groups is 1. The highest BCUT2D eigenvalue weighted by atomic mass is 16.1. The number of amides is 1. The van der Waals surface area contributed by atoms with Crippen LogP contribution in [0.3, 0.4) is 0 Å². The Hall–Kier alpha value is -2.17. The molecule has 0 fully saturated rings. The summed E-state index contributed by atoms with van der Waals surface area (Å²) >= 11 is 0. The number of nitrogens with zero attached hydrogens (tertiary/aromatic N) is 1. The topological polar surface area (TPSA) is 58.4 Å². The molecule has 0 saturated heterocycles. The van der Waals surface area contributed by atoms with E-state index >= 15 is 0 Å². The van der Waals surface area contributed by atoms with E-state index in [1.54, 1.807) is 0 Å². The van der Waals surface area contributed by atoms with Crippen LogP contribution in [0, 0.1) is 0 Å². The third-order valence-corrected chi connectivity index (χ3v) is 4.82. The molecular weight excluding hydrogens is 310 g/mol. The molecule has 4 heteroatoms. The Morgan fingerprint density at radius 2 is 1.80 bits per heavy atom. The van der Waals surface area contributed by atoms with Gasteiger partial charge in [-0.05, 0) is 29.5 Å². The number of rotatable bonds is 7. The Morgan fingerprint density at radius 1 is 1.08 bits per heavy atom. The monoisotopic (exact) mass is 337 g/mol. The van der Waals surface area contributed by atoms with Gasteiger partial charge in [0.05, 0.1) is 0 Å². The molecule has 1 atom stereocenters. The Balaban J connectivity index is 1.34. The van der Waals surface area contributed by atoms with Crippen LogP contribution in [0.15, 0.2) is 54.6 Å². The average molecular weight is 337 g/mol. The summed E-state index contributed by atoms with van der Waals surface area (Å²) in [7, 11) is 0. The summed E-state index contributed by atoms with van der Waals surface area (Å²) in [4.78, 5) is 14.5. The Labute approximate surface area is 150 Å². The van der Waals surface area contributed by atoms with Crippen LogP contribution in [0.5, 0.6) is 0 Å². The number of nitrogens with one attached hydrogen (secondary N) is 1. The van der Waals surface area contributed by atoms with Crippen molar-refractivity contribution in [2.24, 2.45) is 5.73 Å². The fourth-order valence-electron chi connectivity index (χ4n) is 3.37. The number of benzene rings is 2. The Kier molecular flexibility index (Phi) is 6.20. The lowest BCUT2D eigenvalue weighted by Gasteiger charge is -2.28. The van der Waals surface area contributed by atoms with E-state index in [4.69, 9.17) is 5.73 Å². The average Bonchev–Trinajstić information content (AvgIpc) is 2.66. The lowest BCUT2D eigenvalue weighted by molar-refractivity contribution is -0.121. The summed E-state index contributed by atoms with van der Waals surface area (Å²) in [6.45, 7) is 3.84. The minimum absolute atomic E-state index is 0.0281. The molecule has 3 rings (SSSR count). The molecule has 1 aliphatic rings. The second-order valence-electron chi connectivity index (χ2n) is 6.72. The van der Waals surface area contributed by atoms with Gasteiger partial charge >= 0.3 is 0 Å². The molecule has 0 aliphatic carbocycles. The first-order valence-electron chi connectivity index (χ1n) is 9.09.